The molecule has 7 nitrogen and oxygen atoms in total. The van der Waals surface area contributed by atoms with Crippen molar-refractivity contribution in [3.63, 3.8) is 0 Å². The van der Waals surface area contributed by atoms with Gasteiger partial charge in [-0.1, -0.05) is 12.1 Å². The van der Waals surface area contributed by atoms with Crippen molar-refractivity contribution in [2.75, 3.05) is 5.32 Å². The maximum atomic E-state index is 12.5. The predicted octanol–water partition coefficient (Wildman–Crippen LogP) is 2.89. The number of fused-ring (bicyclic) bond motifs is 1. The Morgan fingerprint density at radius 2 is 2.07 bits per heavy atom. The van der Waals surface area contributed by atoms with Gasteiger partial charge in [-0.25, -0.2) is 4.98 Å². The normalized spacial score (nSPS) is 10.8. The number of carbonyl (C=O) groups excluding carboxylic acids is 1. The van der Waals surface area contributed by atoms with Crippen molar-refractivity contribution in [1.29, 1.82) is 0 Å². The van der Waals surface area contributed by atoms with Crippen molar-refractivity contribution >= 4 is 27.9 Å². The lowest BCUT2D eigenvalue weighted by atomic mass is 10.1. The van der Waals surface area contributed by atoms with Crippen LogP contribution in [0.25, 0.3) is 4.96 Å². The van der Waals surface area contributed by atoms with Crippen LogP contribution in [0.5, 0.6) is 0 Å². The van der Waals surface area contributed by atoms with E-state index in [0.717, 1.165) is 0 Å². The zero-order chi connectivity index (χ0) is 18.6. The van der Waals surface area contributed by atoms with E-state index in [2.05, 4.69) is 15.6 Å². The fraction of sp³-hybridized carbons (Fsp3) is 0.105. The first kappa shape index (κ1) is 17.0. The number of anilines is 1. The summed E-state index contributed by atoms with van der Waals surface area (Å²) in [6.45, 7) is 0.652. The van der Waals surface area contributed by atoms with Crippen molar-refractivity contribution in [1.82, 2.24) is 14.7 Å². The highest BCUT2D eigenvalue weighted by Gasteiger charge is 2.12. The Kier molecular flexibility index (Phi) is 4.71. The molecule has 0 unspecified atom stereocenters. The second kappa shape index (κ2) is 7.46. The maximum Gasteiger partial charge on any atom is 0.258 e. The van der Waals surface area contributed by atoms with Crippen molar-refractivity contribution < 1.29 is 9.21 Å². The minimum absolute atomic E-state index is 0.123. The molecule has 3 aromatic heterocycles. The number of amides is 1. The summed E-state index contributed by atoms with van der Waals surface area (Å²) in [7, 11) is 0. The number of furan rings is 1. The Morgan fingerprint density at radius 3 is 2.93 bits per heavy atom. The molecule has 2 N–H and O–H groups in total. The van der Waals surface area contributed by atoms with Crippen LogP contribution in [0.4, 0.5) is 5.69 Å². The van der Waals surface area contributed by atoms with Crippen molar-refractivity contribution in [2.24, 2.45) is 0 Å². The van der Waals surface area contributed by atoms with Crippen LogP contribution in [-0.4, -0.2) is 15.3 Å². The number of carbonyl (C=O) groups is 1. The summed E-state index contributed by atoms with van der Waals surface area (Å²) in [4.78, 5) is 29.7. The van der Waals surface area contributed by atoms with E-state index in [0.29, 0.717) is 40.8 Å². The van der Waals surface area contributed by atoms with E-state index < -0.39 is 0 Å². The number of para-hydroxylation sites is 1. The highest BCUT2D eigenvalue weighted by atomic mass is 32.1. The van der Waals surface area contributed by atoms with Gasteiger partial charge in [-0.3, -0.25) is 14.0 Å². The van der Waals surface area contributed by atoms with Crippen molar-refractivity contribution in [3.8, 4) is 0 Å². The Labute approximate surface area is 158 Å². The van der Waals surface area contributed by atoms with Gasteiger partial charge < -0.3 is 15.1 Å². The van der Waals surface area contributed by atoms with Crippen LogP contribution in [-0.2, 0) is 13.1 Å². The summed E-state index contributed by atoms with van der Waals surface area (Å²) in [5.74, 6) is 0.471. The molecule has 0 atom stereocenters. The molecule has 0 fully saturated rings. The number of benzene rings is 1. The number of nitrogens with one attached hydrogen (secondary N) is 2. The Bertz CT molecular complexity index is 1130. The molecule has 4 aromatic rings. The lowest BCUT2D eigenvalue weighted by Gasteiger charge is -2.11. The molecule has 0 aliphatic carbocycles. The largest absolute Gasteiger partial charge is 0.467 e. The first-order valence-electron chi connectivity index (χ1n) is 8.30. The summed E-state index contributed by atoms with van der Waals surface area (Å²) < 4.78 is 6.73. The SMILES string of the molecule is O=C(NCc1ccco1)c1ccccc1NCc1cc(=O)n2ccsc2n1. The summed E-state index contributed by atoms with van der Waals surface area (Å²) in [6, 6.07) is 12.3. The molecule has 0 aliphatic heterocycles. The number of nitrogens with zero attached hydrogens (tertiary/aromatic N) is 2. The molecule has 3 heterocycles. The molecule has 0 bridgehead atoms. The van der Waals surface area contributed by atoms with Crippen LogP contribution in [0, 0.1) is 0 Å². The van der Waals surface area contributed by atoms with Crippen LogP contribution in [0.2, 0.25) is 0 Å². The smallest absolute Gasteiger partial charge is 0.258 e. The highest BCUT2D eigenvalue weighted by Crippen LogP contribution is 2.16. The van der Waals surface area contributed by atoms with Gasteiger partial charge in [0.1, 0.15) is 5.76 Å². The number of hydrogen-bond donors (Lipinski definition) is 2. The molecule has 0 aliphatic rings. The van der Waals surface area contributed by atoms with E-state index in [-0.39, 0.29) is 11.5 Å². The third-order valence-corrected chi connectivity index (χ3v) is 4.75. The summed E-state index contributed by atoms with van der Waals surface area (Å²) in [5.41, 5.74) is 1.68. The van der Waals surface area contributed by atoms with Gasteiger partial charge in [0.05, 0.1) is 30.6 Å². The molecule has 1 aromatic carbocycles. The van der Waals surface area contributed by atoms with Crippen LogP contribution >= 0.6 is 11.3 Å². The topological polar surface area (TPSA) is 88.6 Å². The lowest BCUT2D eigenvalue weighted by molar-refractivity contribution is 0.0949. The molecule has 0 saturated heterocycles. The van der Waals surface area contributed by atoms with E-state index in [9.17, 15) is 9.59 Å². The minimum atomic E-state index is -0.212. The molecule has 0 spiro atoms. The second-order valence-electron chi connectivity index (χ2n) is 5.80. The average molecular weight is 380 g/mol. The highest BCUT2D eigenvalue weighted by molar-refractivity contribution is 7.15. The fourth-order valence-corrected chi connectivity index (χ4v) is 3.41. The van der Waals surface area contributed by atoms with E-state index in [1.807, 2.05) is 17.5 Å². The molecule has 0 saturated carbocycles. The van der Waals surface area contributed by atoms with Gasteiger partial charge >= 0.3 is 0 Å². The van der Waals surface area contributed by atoms with Crippen molar-refractivity contribution in [2.45, 2.75) is 13.1 Å². The molecular formula is C19H16N4O3S. The van der Waals surface area contributed by atoms with E-state index >= 15 is 0 Å². The average Bonchev–Trinajstić information content (AvgIpc) is 3.36. The van der Waals surface area contributed by atoms with Crippen LogP contribution in [0.1, 0.15) is 21.8 Å². The molecule has 27 heavy (non-hydrogen) atoms. The van der Waals surface area contributed by atoms with E-state index in [1.54, 1.807) is 36.7 Å². The zero-order valence-corrected chi connectivity index (χ0v) is 15.0. The van der Waals surface area contributed by atoms with Gasteiger partial charge in [-0.05, 0) is 24.3 Å². The number of thiazole rings is 1. The standard InChI is InChI=1S/C19H16N4O3S/c24-17-10-13(22-19-23(17)7-9-27-19)11-20-16-6-2-1-5-15(16)18(25)21-12-14-4-3-8-26-14/h1-10,20H,11-12H2,(H,21,25). The summed E-state index contributed by atoms with van der Waals surface area (Å²) >= 11 is 1.40. The number of rotatable bonds is 6. The Morgan fingerprint density at radius 1 is 1.19 bits per heavy atom. The third-order valence-electron chi connectivity index (χ3n) is 3.99. The zero-order valence-electron chi connectivity index (χ0n) is 14.2. The Hall–Kier alpha value is -3.39. The maximum absolute atomic E-state index is 12.5. The monoisotopic (exact) mass is 380 g/mol. The third kappa shape index (κ3) is 3.75. The van der Waals surface area contributed by atoms with Gasteiger partial charge in [0.15, 0.2) is 4.96 Å². The summed E-state index contributed by atoms with van der Waals surface area (Å²) in [5, 5.41) is 7.85. The first-order valence-corrected chi connectivity index (χ1v) is 9.18. The van der Waals surface area contributed by atoms with Gasteiger partial charge in [-0.2, -0.15) is 0 Å². The number of hydrogen-bond acceptors (Lipinski definition) is 6. The van der Waals surface area contributed by atoms with Gasteiger partial charge in [0.25, 0.3) is 11.5 Å². The fourth-order valence-electron chi connectivity index (χ4n) is 2.68. The molecular weight excluding hydrogens is 364 g/mol. The van der Waals surface area contributed by atoms with Crippen LogP contribution < -0.4 is 16.2 Å². The number of aromatic nitrogens is 2. The lowest BCUT2D eigenvalue weighted by Crippen LogP contribution is -2.24. The molecule has 4 rings (SSSR count). The second-order valence-corrected chi connectivity index (χ2v) is 6.68. The molecule has 0 radical (unpaired) electrons. The minimum Gasteiger partial charge on any atom is -0.467 e. The quantitative estimate of drug-likeness (QED) is 0.537. The molecule has 8 heteroatoms. The van der Waals surface area contributed by atoms with Crippen LogP contribution in [0.15, 0.2) is 69.5 Å². The molecule has 136 valence electrons. The van der Waals surface area contributed by atoms with Gasteiger partial charge in [0.2, 0.25) is 0 Å². The van der Waals surface area contributed by atoms with Gasteiger partial charge in [-0.15, -0.1) is 11.3 Å². The van der Waals surface area contributed by atoms with Crippen LogP contribution in [0.3, 0.4) is 0 Å². The molecule has 1 amide bonds. The first-order chi connectivity index (χ1) is 13.2. The Balaban J connectivity index is 1.48. The predicted molar refractivity (Wildman–Crippen MR) is 103 cm³/mol. The van der Waals surface area contributed by atoms with E-state index in [4.69, 9.17) is 4.42 Å². The van der Waals surface area contributed by atoms with Crippen molar-refractivity contribution in [3.05, 3.63) is 87.7 Å². The van der Waals surface area contributed by atoms with E-state index in [1.165, 1.54) is 21.8 Å². The summed E-state index contributed by atoms with van der Waals surface area (Å²) in [6.07, 6.45) is 3.27. The van der Waals surface area contributed by atoms with Gasteiger partial charge in [0, 0.05) is 23.3 Å².